The van der Waals surface area contributed by atoms with Gasteiger partial charge in [0.2, 0.25) is 0 Å². The molecule has 362 valence electrons. The Hall–Kier alpha value is -10.4. The molecule has 2 aliphatic heterocycles. The summed E-state index contributed by atoms with van der Waals surface area (Å²) in [6.07, 6.45) is 0. The molecule has 2 aliphatic rings. The van der Waals surface area contributed by atoms with E-state index in [0.717, 1.165) is 112 Å². The van der Waals surface area contributed by atoms with E-state index in [4.69, 9.17) is 0 Å². The number of para-hydroxylation sites is 2. The lowest BCUT2D eigenvalue weighted by Gasteiger charge is -2.45. The van der Waals surface area contributed by atoms with E-state index in [-0.39, 0.29) is 6.71 Å². The third-order valence-electron chi connectivity index (χ3n) is 16.0. The number of hydrogen-bond acceptors (Lipinski definition) is 3. The molecule has 0 N–H and O–H groups in total. The van der Waals surface area contributed by atoms with Crippen molar-refractivity contribution in [3.8, 4) is 67.4 Å². The van der Waals surface area contributed by atoms with Crippen LogP contribution in [0.4, 0.5) is 34.1 Å². The van der Waals surface area contributed by atoms with Crippen molar-refractivity contribution >= 4 is 79.0 Å². The van der Waals surface area contributed by atoms with Crippen LogP contribution < -0.4 is 26.2 Å². The molecule has 1 aromatic heterocycles. The number of nitrogens with zero attached hydrogens (tertiary/aromatic N) is 4. The molecule has 0 aliphatic carbocycles. The van der Waals surface area contributed by atoms with Crippen LogP contribution in [0.15, 0.2) is 285 Å². The lowest BCUT2D eigenvalue weighted by molar-refractivity contribution is 1.17. The van der Waals surface area contributed by atoms with Gasteiger partial charge in [0.25, 0.3) is 6.71 Å². The van der Waals surface area contributed by atoms with Crippen LogP contribution in [0.25, 0.3) is 83.1 Å². The van der Waals surface area contributed by atoms with Crippen molar-refractivity contribution < 1.29 is 0 Å². The minimum Gasteiger partial charge on any atom is -0.311 e. The molecule has 4 nitrogen and oxygen atoms in total. The second-order valence-electron chi connectivity index (χ2n) is 20.3. The molecule has 5 heteroatoms. The van der Waals surface area contributed by atoms with Crippen molar-refractivity contribution in [3.05, 3.63) is 291 Å². The van der Waals surface area contributed by atoms with Crippen LogP contribution in [0.2, 0.25) is 0 Å². The summed E-state index contributed by atoms with van der Waals surface area (Å²) in [7, 11) is 0. The monoisotopic (exact) mass is 990 g/mol. The Labute approximate surface area is 454 Å². The van der Waals surface area contributed by atoms with Crippen LogP contribution in [0.5, 0.6) is 0 Å². The molecule has 0 saturated heterocycles. The Morgan fingerprint density at radius 1 is 0.308 bits per heavy atom. The second-order valence-corrected chi connectivity index (χ2v) is 20.3. The second kappa shape index (κ2) is 18.5. The number of benzene rings is 12. The first kappa shape index (κ1) is 45.0. The summed E-state index contributed by atoms with van der Waals surface area (Å²) >= 11 is 0. The quantitative estimate of drug-likeness (QED) is 0.142. The Morgan fingerprint density at radius 3 is 1.22 bits per heavy atom. The SMILES string of the molecule is N#Cc1cc(-c2ccccc2)cc2c1N(c1ccc(-c3ccccc3)cc1)c1cc(-c3ccccc3)cc3c1B2c1cc(-c2ccccc2)c(-n2c4ccccc4c4ccccc42)cc1N3c1ccc(-c2ccccc2)cc1. The fourth-order valence-corrected chi connectivity index (χ4v) is 12.5. The van der Waals surface area contributed by atoms with Crippen LogP contribution in [-0.4, -0.2) is 11.3 Å². The molecule has 0 spiro atoms. The van der Waals surface area contributed by atoms with E-state index in [2.05, 4.69) is 306 Å². The van der Waals surface area contributed by atoms with Gasteiger partial charge in [-0.3, -0.25) is 0 Å². The Balaban J connectivity index is 1.09. The highest BCUT2D eigenvalue weighted by molar-refractivity contribution is 7.00. The lowest BCUT2D eigenvalue weighted by atomic mass is 9.33. The number of hydrogen-bond donors (Lipinski definition) is 0. The van der Waals surface area contributed by atoms with Gasteiger partial charge in [0.15, 0.2) is 0 Å². The van der Waals surface area contributed by atoms with Gasteiger partial charge in [-0.25, -0.2) is 0 Å². The highest BCUT2D eigenvalue weighted by Crippen LogP contribution is 2.49. The van der Waals surface area contributed by atoms with E-state index in [1.165, 1.54) is 21.8 Å². The normalized spacial score (nSPS) is 12.3. The Bertz CT molecular complexity index is 4420. The Morgan fingerprint density at radius 2 is 0.718 bits per heavy atom. The largest absolute Gasteiger partial charge is 0.311 e. The highest BCUT2D eigenvalue weighted by atomic mass is 15.2. The van der Waals surface area contributed by atoms with Gasteiger partial charge in [-0.05, 0) is 127 Å². The molecule has 0 bridgehead atoms. The molecular weight excluding hydrogens is 944 g/mol. The fourth-order valence-electron chi connectivity index (χ4n) is 12.5. The topological polar surface area (TPSA) is 35.2 Å². The predicted octanol–water partition coefficient (Wildman–Crippen LogP) is 17.1. The molecule has 0 saturated carbocycles. The summed E-state index contributed by atoms with van der Waals surface area (Å²) in [6.45, 7) is -0.296. The standard InChI is InChI=1S/C73H47BN4/c75-48-58-42-56(51-24-10-3-11-25-51)43-65-73(58)77(60-40-36-54(37-41-60)50-22-8-2-9-23-50)71-45-57(52-26-12-4-13-27-52)44-70-72(71)74(65)64-46-63(55-28-14-5-15-29-55)68(78-66-32-18-16-30-61(66)62-31-17-19-33-67(62)78)47-69(64)76(70)59-38-34-53(35-39-59)49-20-6-1-7-21-49/h1-47H. The number of aromatic nitrogens is 1. The number of anilines is 6. The molecule has 0 atom stereocenters. The van der Waals surface area contributed by atoms with Crippen LogP contribution >= 0.6 is 0 Å². The molecule has 78 heavy (non-hydrogen) atoms. The van der Waals surface area contributed by atoms with Crippen molar-refractivity contribution in [1.29, 1.82) is 5.26 Å². The van der Waals surface area contributed by atoms with Gasteiger partial charge < -0.3 is 14.4 Å². The molecule has 0 amide bonds. The first-order valence-electron chi connectivity index (χ1n) is 26.7. The van der Waals surface area contributed by atoms with Crippen molar-refractivity contribution in [1.82, 2.24) is 4.57 Å². The summed E-state index contributed by atoms with van der Waals surface area (Å²) in [5, 5.41) is 14.1. The van der Waals surface area contributed by atoms with Crippen molar-refractivity contribution in [2.75, 3.05) is 9.80 Å². The van der Waals surface area contributed by atoms with Gasteiger partial charge in [0, 0.05) is 44.8 Å². The minimum absolute atomic E-state index is 0.296. The van der Waals surface area contributed by atoms with Crippen molar-refractivity contribution in [3.63, 3.8) is 0 Å². The zero-order chi connectivity index (χ0) is 51.7. The van der Waals surface area contributed by atoms with Gasteiger partial charge in [-0.15, -0.1) is 0 Å². The van der Waals surface area contributed by atoms with E-state index in [1.807, 2.05) is 0 Å². The molecule has 0 radical (unpaired) electrons. The number of nitriles is 1. The van der Waals surface area contributed by atoms with Gasteiger partial charge in [0.05, 0.1) is 28.0 Å². The first-order chi connectivity index (χ1) is 38.7. The molecule has 0 fully saturated rings. The van der Waals surface area contributed by atoms with E-state index in [1.54, 1.807) is 0 Å². The maximum absolute atomic E-state index is 11.6. The predicted molar refractivity (Wildman–Crippen MR) is 327 cm³/mol. The summed E-state index contributed by atoms with van der Waals surface area (Å²) < 4.78 is 2.47. The van der Waals surface area contributed by atoms with E-state index < -0.39 is 0 Å². The molecule has 13 aromatic rings. The van der Waals surface area contributed by atoms with E-state index >= 15 is 0 Å². The summed E-state index contributed by atoms with van der Waals surface area (Å²) in [6, 6.07) is 106. The molecular formula is C73H47BN4. The highest BCUT2D eigenvalue weighted by Gasteiger charge is 2.45. The summed E-state index contributed by atoms with van der Waals surface area (Å²) in [5.74, 6) is 0. The molecule has 12 aromatic carbocycles. The van der Waals surface area contributed by atoms with Crippen LogP contribution in [0.1, 0.15) is 5.56 Å². The third-order valence-corrected chi connectivity index (χ3v) is 16.0. The Kier molecular flexibility index (Phi) is 10.7. The third kappa shape index (κ3) is 7.30. The van der Waals surface area contributed by atoms with Gasteiger partial charge >= 0.3 is 0 Å². The average Bonchev–Trinajstić information content (AvgIpc) is 3.76. The number of rotatable bonds is 8. The van der Waals surface area contributed by atoms with Gasteiger partial charge in [-0.1, -0.05) is 224 Å². The van der Waals surface area contributed by atoms with E-state index in [0.29, 0.717) is 5.56 Å². The number of fused-ring (bicyclic) bond motifs is 7. The zero-order valence-electron chi connectivity index (χ0n) is 42.5. The maximum Gasteiger partial charge on any atom is 0.252 e. The van der Waals surface area contributed by atoms with Gasteiger partial charge in [0.1, 0.15) is 6.07 Å². The molecule has 3 heterocycles. The molecule has 15 rings (SSSR count). The van der Waals surface area contributed by atoms with Gasteiger partial charge in [-0.2, -0.15) is 5.26 Å². The minimum atomic E-state index is -0.296. The van der Waals surface area contributed by atoms with Crippen LogP contribution in [0.3, 0.4) is 0 Å². The van der Waals surface area contributed by atoms with Crippen LogP contribution in [-0.2, 0) is 0 Å². The van der Waals surface area contributed by atoms with Crippen LogP contribution in [0, 0.1) is 11.3 Å². The van der Waals surface area contributed by atoms with Crippen molar-refractivity contribution in [2.24, 2.45) is 0 Å². The van der Waals surface area contributed by atoms with E-state index in [9.17, 15) is 5.26 Å². The van der Waals surface area contributed by atoms with Crippen molar-refractivity contribution in [2.45, 2.75) is 0 Å². The maximum atomic E-state index is 11.6. The smallest absolute Gasteiger partial charge is 0.252 e. The fraction of sp³-hybridized carbons (Fsp3) is 0. The summed E-state index contributed by atoms with van der Waals surface area (Å²) in [5.41, 5.74) is 24.5. The molecule has 0 unspecified atom stereocenters. The summed E-state index contributed by atoms with van der Waals surface area (Å²) in [4.78, 5) is 4.90. The lowest BCUT2D eigenvalue weighted by Crippen LogP contribution is -2.61. The average molecular weight is 991 g/mol. The first-order valence-corrected chi connectivity index (χ1v) is 26.7. The zero-order valence-corrected chi connectivity index (χ0v) is 42.5.